The normalized spacial score (nSPS) is 10.4. The van der Waals surface area contributed by atoms with Crippen LogP contribution in [0, 0.1) is 6.92 Å². The lowest BCUT2D eigenvalue weighted by Crippen LogP contribution is -2.33. The summed E-state index contributed by atoms with van der Waals surface area (Å²) in [6.45, 7) is 6.42. The Morgan fingerprint density at radius 2 is 2.17 bits per heavy atom. The summed E-state index contributed by atoms with van der Waals surface area (Å²) in [6.07, 6.45) is 0. The van der Waals surface area contributed by atoms with Gasteiger partial charge in [0.2, 0.25) is 0 Å². The molecule has 0 saturated heterocycles. The van der Waals surface area contributed by atoms with Gasteiger partial charge in [-0.15, -0.1) is 0 Å². The molecule has 0 unspecified atom stereocenters. The third kappa shape index (κ3) is 5.19. The summed E-state index contributed by atoms with van der Waals surface area (Å²) in [7, 11) is 1.40. The topological polar surface area (TPSA) is 38.8 Å². The van der Waals surface area contributed by atoms with Crippen molar-refractivity contribution in [2.75, 3.05) is 33.4 Å². The van der Waals surface area contributed by atoms with E-state index >= 15 is 0 Å². The van der Waals surface area contributed by atoms with Crippen LogP contribution in [0.15, 0.2) is 24.3 Å². The Hall–Kier alpha value is -1.55. The Morgan fingerprint density at radius 1 is 1.39 bits per heavy atom. The molecule has 0 radical (unpaired) electrons. The number of carbonyl (C=O) groups excluding carboxylic acids is 1. The fourth-order valence-electron chi connectivity index (χ4n) is 1.59. The number of methoxy groups -OCH3 is 1. The number of carbonyl (C=O) groups is 1. The van der Waals surface area contributed by atoms with Crippen molar-refractivity contribution < 1.29 is 14.3 Å². The van der Waals surface area contributed by atoms with Crippen LogP contribution in [0.2, 0.25) is 0 Å². The molecule has 0 atom stereocenters. The van der Waals surface area contributed by atoms with E-state index < -0.39 is 0 Å². The molecule has 4 heteroatoms. The van der Waals surface area contributed by atoms with Gasteiger partial charge in [0.25, 0.3) is 0 Å². The number of nitrogens with zero attached hydrogens (tertiary/aromatic N) is 1. The van der Waals surface area contributed by atoms with Crippen LogP contribution in [-0.2, 0) is 9.53 Å². The molecule has 0 aliphatic carbocycles. The number of benzene rings is 1. The highest BCUT2D eigenvalue weighted by Crippen LogP contribution is 2.12. The molecule has 0 bridgehead atoms. The molecule has 0 saturated carbocycles. The molecule has 18 heavy (non-hydrogen) atoms. The SMILES string of the molecule is CCN(CCOc1cccc(C)c1)CC(=O)OC. The van der Waals surface area contributed by atoms with Gasteiger partial charge in [-0.2, -0.15) is 0 Å². The Bertz CT molecular complexity index is 379. The van der Waals surface area contributed by atoms with E-state index in [0.29, 0.717) is 19.7 Å². The summed E-state index contributed by atoms with van der Waals surface area (Å²) in [5, 5.41) is 0. The second-order valence-electron chi connectivity index (χ2n) is 4.11. The summed E-state index contributed by atoms with van der Waals surface area (Å²) < 4.78 is 10.3. The first kappa shape index (κ1) is 14.5. The van der Waals surface area contributed by atoms with Crippen LogP contribution < -0.4 is 4.74 Å². The molecule has 0 aromatic heterocycles. The maximum atomic E-state index is 11.2. The Balaban J connectivity index is 2.33. The molecule has 1 aromatic rings. The largest absolute Gasteiger partial charge is 0.492 e. The standard InChI is InChI=1S/C14H21NO3/c1-4-15(11-14(16)17-3)8-9-18-13-7-5-6-12(2)10-13/h5-7,10H,4,8-9,11H2,1-3H3. The van der Waals surface area contributed by atoms with E-state index in [2.05, 4.69) is 4.74 Å². The van der Waals surface area contributed by atoms with E-state index in [9.17, 15) is 4.79 Å². The van der Waals surface area contributed by atoms with Crippen molar-refractivity contribution in [1.82, 2.24) is 4.90 Å². The highest BCUT2D eigenvalue weighted by atomic mass is 16.5. The zero-order chi connectivity index (χ0) is 13.4. The molecule has 1 aromatic carbocycles. The van der Waals surface area contributed by atoms with E-state index in [4.69, 9.17) is 4.74 Å². The molecular weight excluding hydrogens is 230 g/mol. The number of likely N-dealkylation sites (N-methyl/N-ethyl adjacent to an activating group) is 1. The average Bonchev–Trinajstić information content (AvgIpc) is 2.37. The highest BCUT2D eigenvalue weighted by molar-refractivity contribution is 5.71. The lowest BCUT2D eigenvalue weighted by Gasteiger charge is -2.18. The lowest BCUT2D eigenvalue weighted by molar-refractivity contribution is -0.141. The Kier molecular flexibility index (Phi) is 6.22. The first-order valence-electron chi connectivity index (χ1n) is 6.14. The van der Waals surface area contributed by atoms with Gasteiger partial charge in [-0.3, -0.25) is 9.69 Å². The van der Waals surface area contributed by atoms with Gasteiger partial charge in [0, 0.05) is 6.54 Å². The number of ether oxygens (including phenoxy) is 2. The van der Waals surface area contributed by atoms with Crippen LogP contribution >= 0.6 is 0 Å². The summed E-state index contributed by atoms with van der Waals surface area (Å²) in [6, 6.07) is 7.93. The van der Waals surface area contributed by atoms with Crippen molar-refractivity contribution in [3.63, 3.8) is 0 Å². The van der Waals surface area contributed by atoms with Gasteiger partial charge < -0.3 is 9.47 Å². The molecule has 0 amide bonds. The highest BCUT2D eigenvalue weighted by Gasteiger charge is 2.08. The smallest absolute Gasteiger partial charge is 0.319 e. The number of hydrogen-bond donors (Lipinski definition) is 0. The fraction of sp³-hybridized carbons (Fsp3) is 0.500. The van der Waals surface area contributed by atoms with Gasteiger partial charge in [-0.25, -0.2) is 0 Å². The minimum atomic E-state index is -0.215. The molecule has 0 aliphatic heterocycles. The number of hydrogen-bond acceptors (Lipinski definition) is 4. The third-order valence-electron chi connectivity index (χ3n) is 2.69. The fourth-order valence-corrected chi connectivity index (χ4v) is 1.59. The molecular formula is C14H21NO3. The van der Waals surface area contributed by atoms with Gasteiger partial charge in [-0.05, 0) is 31.2 Å². The molecule has 100 valence electrons. The maximum absolute atomic E-state index is 11.2. The minimum Gasteiger partial charge on any atom is -0.492 e. The van der Waals surface area contributed by atoms with Gasteiger partial charge in [0.15, 0.2) is 0 Å². The van der Waals surface area contributed by atoms with Gasteiger partial charge in [0.05, 0.1) is 13.7 Å². The Labute approximate surface area is 108 Å². The van der Waals surface area contributed by atoms with Crippen molar-refractivity contribution in [3.8, 4) is 5.75 Å². The van der Waals surface area contributed by atoms with Crippen LogP contribution in [0.3, 0.4) is 0 Å². The summed E-state index contributed by atoms with van der Waals surface area (Å²) >= 11 is 0. The zero-order valence-corrected chi connectivity index (χ0v) is 11.3. The van der Waals surface area contributed by atoms with Gasteiger partial charge >= 0.3 is 5.97 Å². The molecule has 0 N–H and O–H groups in total. The van der Waals surface area contributed by atoms with Crippen molar-refractivity contribution in [3.05, 3.63) is 29.8 Å². The molecule has 0 fully saturated rings. The van der Waals surface area contributed by atoms with Crippen molar-refractivity contribution in [2.45, 2.75) is 13.8 Å². The van der Waals surface area contributed by atoms with Crippen LogP contribution in [-0.4, -0.2) is 44.2 Å². The second kappa shape index (κ2) is 7.71. The Morgan fingerprint density at radius 3 is 2.78 bits per heavy atom. The summed E-state index contributed by atoms with van der Waals surface area (Å²) in [4.78, 5) is 13.1. The molecule has 0 aliphatic rings. The third-order valence-corrected chi connectivity index (χ3v) is 2.69. The average molecular weight is 251 g/mol. The van der Waals surface area contributed by atoms with E-state index in [1.165, 1.54) is 12.7 Å². The quantitative estimate of drug-likeness (QED) is 0.693. The van der Waals surface area contributed by atoms with Crippen LogP contribution in [0.1, 0.15) is 12.5 Å². The molecule has 0 spiro atoms. The number of esters is 1. The predicted molar refractivity (Wildman–Crippen MR) is 70.8 cm³/mol. The molecule has 4 nitrogen and oxygen atoms in total. The van der Waals surface area contributed by atoms with Crippen molar-refractivity contribution >= 4 is 5.97 Å². The lowest BCUT2D eigenvalue weighted by atomic mass is 10.2. The van der Waals surface area contributed by atoms with E-state index in [0.717, 1.165) is 12.3 Å². The summed E-state index contributed by atoms with van der Waals surface area (Å²) in [5.41, 5.74) is 1.18. The second-order valence-corrected chi connectivity index (χ2v) is 4.11. The van der Waals surface area contributed by atoms with Crippen LogP contribution in [0.25, 0.3) is 0 Å². The van der Waals surface area contributed by atoms with Crippen molar-refractivity contribution in [1.29, 1.82) is 0 Å². The maximum Gasteiger partial charge on any atom is 0.319 e. The molecule has 0 heterocycles. The molecule has 1 rings (SSSR count). The van der Waals surface area contributed by atoms with E-state index in [1.807, 2.05) is 43.0 Å². The van der Waals surface area contributed by atoms with Crippen LogP contribution in [0.5, 0.6) is 5.75 Å². The predicted octanol–water partition coefficient (Wildman–Crippen LogP) is 1.87. The van der Waals surface area contributed by atoms with Crippen LogP contribution in [0.4, 0.5) is 0 Å². The first-order chi connectivity index (χ1) is 8.65. The zero-order valence-electron chi connectivity index (χ0n) is 11.3. The van der Waals surface area contributed by atoms with E-state index in [-0.39, 0.29) is 5.97 Å². The summed E-state index contributed by atoms with van der Waals surface area (Å²) in [5.74, 6) is 0.650. The number of rotatable bonds is 7. The monoisotopic (exact) mass is 251 g/mol. The first-order valence-corrected chi connectivity index (χ1v) is 6.14. The number of aryl methyl sites for hydroxylation is 1. The van der Waals surface area contributed by atoms with Crippen molar-refractivity contribution in [2.24, 2.45) is 0 Å². The minimum absolute atomic E-state index is 0.215. The van der Waals surface area contributed by atoms with E-state index in [1.54, 1.807) is 0 Å². The van der Waals surface area contributed by atoms with Gasteiger partial charge in [-0.1, -0.05) is 19.1 Å². The van der Waals surface area contributed by atoms with Gasteiger partial charge in [0.1, 0.15) is 12.4 Å².